The first-order valence-electron chi connectivity index (χ1n) is 6.75. The average Bonchev–Trinajstić information content (AvgIpc) is 2.55. The van der Waals surface area contributed by atoms with Crippen LogP contribution in [0.5, 0.6) is 0 Å². The van der Waals surface area contributed by atoms with Crippen molar-refractivity contribution in [1.82, 2.24) is 10.2 Å². The largest absolute Gasteiger partial charge is 0.339 e. The Morgan fingerprint density at radius 3 is 2.94 bits per heavy atom. The predicted octanol–water partition coefficient (Wildman–Crippen LogP) is 1.87. The van der Waals surface area contributed by atoms with Gasteiger partial charge in [0.25, 0.3) is 0 Å². The summed E-state index contributed by atoms with van der Waals surface area (Å²) in [4.78, 5) is 14.5. The van der Waals surface area contributed by atoms with Crippen LogP contribution in [0.2, 0.25) is 0 Å². The van der Waals surface area contributed by atoms with Crippen molar-refractivity contribution in [2.24, 2.45) is 0 Å². The van der Waals surface area contributed by atoms with E-state index in [4.69, 9.17) is 0 Å². The van der Waals surface area contributed by atoms with Gasteiger partial charge in [0.05, 0.1) is 6.04 Å². The maximum Gasteiger partial charge on any atom is 0.239 e. The molecule has 3 nitrogen and oxygen atoms in total. The average molecular weight is 256 g/mol. The molecule has 2 aliphatic heterocycles. The number of carbonyl (C=O) groups excluding carboxylic acids is 1. The minimum Gasteiger partial charge on any atom is -0.339 e. The Hall–Kier alpha value is -0.220. The van der Waals surface area contributed by atoms with E-state index in [0.717, 1.165) is 31.8 Å². The predicted molar refractivity (Wildman–Crippen MR) is 73.4 cm³/mol. The van der Waals surface area contributed by atoms with Gasteiger partial charge in [-0.3, -0.25) is 4.79 Å². The number of hydrogen-bond donors (Lipinski definition) is 1. The monoisotopic (exact) mass is 256 g/mol. The summed E-state index contributed by atoms with van der Waals surface area (Å²) < 4.78 is 0.221. The second-order valence-electron chi connectivity index (χ2n) is 5.72. The fourth-order valence-electron chi connectivity index (χ4n) is 2.66. The summed E-state index contributed by atoms with van der Waals surface area (Å²) in [7, 11) is 0. The minimum absolute atomic E-state index is 0.0800. The van der Waals surface area contributed by atoms with E-state index in [2.05, 4.69) is 24.1 Å². The van der Waals surface area contributed by atoms with Crippen LogP contribution >= 0.6 is 11.8 Å². The molecule has 2 saturated heterocycles. The van der Waals surface area contributed by atoms with Gasteiger partial charge in [-0.25, -0.2) is 0 Å². The summed E-state index contributed by atoms with van der Waals surface area (Å²) in [5.41, 5.74) is 0. The maximum absolute atomic E-state index is 12.4. The molecule has 0 aliphatic carbocycles. The fourth-order valence-corrected chi connectivity index (χ4v) is 3.78. The smallest absolute Gasteiger partial charge is 0.239 e. The molecule has 0 bridgehead atoms. The van der Waals surface area contributed by atoms with Gasteiger partial charge in [-0.05, 0) is 33.2 Å². The van der Waals surface area contributed by atoms with Crippen LogP contribution < -0.4 is 5.32 Å². The Morgan fingerprint density at radius 2 is 2.18 bits per heavy atom. The lowest BCUT2D eigenvalue weighted by molar-refractivity contribution is -0.133. The van der Waals surface area contributed by atoms with Crippen molar-refractivity contribution in [3.05, 3.63) is 0 Å². The highest BCUT2D eigenvalue weighted by atomic mass is 32.2. The van der Waals surface area contributed by atoms with E-state index in [-0.39, 0.29) is 10.8 Å². The molecule has 1 amide bonds. The van der Waals surface area contributed by atoms with Gasteiger partial charge in [0.1, 0.15) is 0 Å². The van der Waals surface area contributed by atoms with Gasteiger partial charge in [0, 0.05) is 23.6 Å². The van der Waals surface area contributed by atoms with E-state index in [1.165, 1.54) is 19.3 Å². The lowest BCUT2D eigenvalue weighted by Gasteiger charge is -2.39. The highest BCUT2D eigenvalue weighted by Crippen LogP contribution is 2.30. The van der Waals surface area contributed by atoms with Gasteiger partial charge >= 0.3 is 0 Å². The topological polar surface area (TPSA) is 32.3 Å². The third-order valence-corrected chi connectivity index (χ3v) is 4.89. The van der Waals surface area contributed by atoms with Gasteiger partial charge in [0.2, 0.25) is 5.91 Å². The number of amides is 1. The summed E-state index contributed by atoms with van der Waals surface area (Å²) in [6.07, 6.45) is 4.68. The van der Waals surface area contributed by atoms with Gasteiger partial charge in [-0.1, -0.05) is 12.8 Å². The molecule has 98 valence electrons. The van der Waals surface area contributed by atoms with Gasteiger partial charge in [-0.15, -0.1) is 0 Å². The van der Waals surface area contributed by atoms with Crippen molar-refractivity contribution in [3.8, 4) is 0 Å². The first-order chi connectivity index (χ1) is 8.08. The second-order valence-corrected chi connectivity index (χ2v) is 7.53. The molecule has 2 fully saturated rings. The van der Waals surface area contributed by atoms with Crippen LogP contribution in [0.15, 0.2) is 0 Å². The number of thioether (sulfide) groups is 1. The molecule has 2 heterocycles. The van der Waals surface area contributed by atoms with Crippen molar-refractivity contribution in [1.29, 1.82) is 0 Å². The van der Waals surface area contributed by atoms with Crippen molar-refractivity contribution in [3.63, 3.8) is 0 Å². The zero-order valence-corrected chi connectivity index (χ0v) is 11.8. The minimum atomic E-state index is 0.0800. The number of hydrogen-bond acceptors (Lipinski definition) is 3. The van der Waals surface area contributed by atoms with E-state index < -0.39 is 0 Å². The Morgan fingerprint density at radius 1 is 1.35 bits per heavy atom. The number of rotatable bonds is 1. The summed E-state index contributed by atoms with van der Waals surface area (Å²) in [5, 5.41) is 3.41. The maximum atomic E-state index is 12.4. The zero-order chi connectivity index (χ0) is 12.3. The highest BCUT2D eigenvalue weighted by molar-refractivity contribution is 8.00. The van der Waals surface area contributed by atoms with Crippen LogP contribution in [-0.2, 0) is 4.79 Å². The summed E-state index contributed by atoms with van der Waals surface area (Å²) in [5.74, 6) is 1.41. The molecule has 0 aromatic rings. The third kappa shape index (κ3) is 3.62. The van der Waals surface area contributed by atoms with Crippen molar-refractivity contribution < 1.29 is 4.79 Å². The van der Waals surface area contributed by atoms with E-state index in [1.807, 2.05) is 11.8 Å². The van der Waals surface area contributed by atoms with Crippen LogP contribution in [0.1, 0.15) is 39.5 Å². The fraction of sp³-hybridized carbons (Fsp3) is 0.923. The normalized spacial score (nSPS) is 29.8. The Kier molecular flexibility index (Phi) is 4.36. The molecule has 0 radical (unpaired) electrons. The summed E-state index contributed by atoms with van der Waals surface area (Å²) in [6.45, 7) is 7.29. The molecule has 2 rings (SSSR count). The van der Waals surface area contributed by atoms with Gasteiger partial charge < -0.3 is 10.2 Å². The van der Waals surface area contributed by atoms with E-state index in [0.29, 0.717) is 5.91 Å². The van der Waals surface area contributed by atoms with Crippen LogP contribution in [-0.4, -0.2) is 47.0 Å². The van der Waals surface area contributed by atoms with E-state index in [1.54, 1.807) is 0 Å². The lowest BCUT2D eigenvalue weighted by atomic mass is 10.1. The molecule has 1 unspecified atom stereocenters. The van der Waals surface area contributed by atoms with Crippen LogP contribution in [0.25, 0.3) is 0 Å². The van der Waals surface area contributed by atoms with E-state index in [9.17, 15) is 4.79 Å². The molecule has 1 atom stereocenters. The van der Waals surface area contributed by atoms with Crippen LogP contribution in [0, 0.1) is 0 Å². The molecule has 2 aliphatic rings. The van der Waals surface area contributed by atoms with Crippen molar-refractivity contribution in [2.45, 2.75) is 50.3 Å². The quantitative estimate of drug-likeness (QED) is 0.777. The zero-order valence-electron chi connectivity index (χ0n) is 11.0. The Balaban J connectivity index is 1.93. The molecule has 4 heteroatoms. The second kappa shape index (κ2) is 5.61. The Bertz CT molecular complexity index is 273. The highest BCUT2D eigenvalue weighted by Gasteiger charge is 2.32. The van der Waals surface area contributed by atoms with Crippen molar-refractivity contribution in [2.75, 3.05) is 25.4 Å². The molecule has 0 aromatic carbocycles. The first-order valence-corrected chi connectivity index (χ1v) is 7.73. The van der Waals surface area contributed by atoms with E-state index >= 15 is 0 Å². The van der Waals surface area contributed by atoms with Crippen molar-refractivity contribution >= 4 is 17.7 Å². The summed E-state index contributed by atoms with van der Waals surface area (Å²) in [6, 6.07) is 0.0800. The summed E-state index contributed by atoms with van der Waals surface area (Å²) >= 11 is 1.98. The molecule has 0 aromatic heterocycles. The molecule has 1 N–H and O–H groups in total. The first kappa shape index (κ1) is 13.2. The Labute approximate surface area is 109 Å². The van der Waals surface area contributed by atoms with Crippen LogP contribution in [0.3, 0.4) is 0 Å². The lowest BCUT2D eigenvalue weighted by Crippen LogP contribution is -2.52. The third-order valence-electron chi connectivity index (χ3n) is 3.60. The van der Waals surface area contributed by atoms with Crippen LogP contribution in [0.4, 0.5) is 0 Å². The standard InChI is InChI=1S/C13H24N2OS/c1-13(2)10-15(8-9-17-13)12(16)11-6-4-3-5-7-14-11/h11,14H,3-10H2,1-2H3. The molecule has 0 spiro atoms. The molecule has 0 saturated carbocycles. The van der Waals surface area contributed by atoms with Gasteiger partial charge in [-0.2, -0.15) is 11.8 Å². The SMILES string of the molecule is CC1(C)CN(C(=O)C2CCCCCN2)CCS1. The number of carbonyl (C=O) groups is 1. The molecule has 17 heavy (non-hydrogen) atoms. The number of nitrogens with zero attached hydrogens (tertiary/aromatic N) is 1. The van der Waals surface area contributed by atoms with Gasteiger partial charge in [0.15, 0.2) is 0 Å². The number of nitrogens with one attached hydrogen (secondary N) is 1. The molecular formula is C13H24N2OS. The molecular weight excluding hydrogens is 232 g/mol.